The molecule has 3 aromatic heterocycles. The monoisotopic (exact) mass is 353 g/mol. The Morgan fingerprint density at radius 1 is 1.24 bits per heavy atom. The van der Waals surface area contributed by atoms with E-state index in [-0.39, 0.29) is 11.5 Å². The maximum atomic E-state index is 12.7. The van der Waals surface area contributed by atoms with Crippen LogP contribution in [0.15, 0.2) is 48.9 Å². The van der Waals surface area contributed by atoms with Crippen LogP contribution < -0.4 is 5.32 Å². The van der Waals surface area contributed by atoms with E-state index in [0.717, 1.165) is 5.56 Å². The number of hydrogen-bond donors (Lipinski definition) is 1. The zero-order valence-corrected chi connectivity index (χ0v) is 13.8. The predicted molar refractivity (Wildman–Crippen MR) is 92.4 cm³/mol. The van der Waals surface area contributed by atoms with E-state index < -0.39 is 5.91 Å². The van der Waals surface area contributed by atoms with Crippen molar-refractivity contribution in [1.82, 2.24) is 29.4 Å². The minimum atomic E-state index is -0.407. The third-order valence-electron chi connectivity index (χ3n) is 3.57. The molecule has 3 heterocycles. The smallest absolute Gasteiger partial charge is 0.275 e. The molecule has 1 aromatic carbocycles. The van der Waals surface area contributed by atoms with Gasteiger partial charge in [0.2, 0.25) is 0 Å². The number of aryl methyl sites for hydroxylation is 1. The molecule has 4 aromatic rings. The van der Waals surface area contributed by atoms with Crippen molar-refractivity contribution in [2.45, 2.75) is 0 Å². The van der Waals surface area contributed by atoms with Crippen molar-refractivity contribution >= 4 is 29.1 Å². The van der Waals surface area contributed by atoms with Gasteiger partial charge in [-0.3, -0.25) is 9.48 Å². The Morgan fingerprint density at radius 3 is 2.76 bits per heavy atom. The van der Waals surface area contributed by atoms with E-state index in [1.165, 1.54) is 15.5 Å². The summed E-state index contributed by atoms with van der Waals surface area (Å²) in [6.45, 7) is 0. The van der Waals surface area contributed by atoms with Gasteiger partial charge in [-0.15, -0.1) is 0 Å². The molecule has 0 fully saturated rings. The average molecular weight is 354 g/mol. The average Bonchev–Trinajstić information content (AvgIpc) is 3.20. The van der Waals surface area contributed by atoms with Gasteiger partial charge in [-0.25, -0.2) is 4.98 Å². The summed E-state index contributed by atoms with van der Waals surface area (Å²) < 4.78 is 2.89. The molecule has 1 amide bonds. The molecule has 0 atom stereocenters. The summed E-state index contributed by atoms with van der Waals surface area (Å²) in [4.78, 5) is 21.3. The van der Waals surface area contributed by atoms with Crippen LogP contribution in [-0.2, 0) is 7.05 Å². The Balaban J connectivity index is 1.79. The molecule has 0 aliphatic rings. The fourth-order valence-corrected chi connectivity index (χ4v) is 2.67. The molecule has 0 spiro atoms. The topological polar surface area (TPSA) is 90.0 Å². The molecule has 4 rings (SSSR count). The fraction of sp³-hybridized carbons (Fsp3) is 0.0625. The van der Waals surface area contributed by atoms with Crippen LogP contribution in [0.2, 0.25) is 5.02 Å². The number of rotatable bonds is 3. The first-order valence-corrected chi connectivity index (χ1v) is 7.76. The number of benzene rings is 1. The second-order valence-electron chi connectivity index (χ2n) is 5.32. The van der Waals surface area contributed by atoms with Gasteiger partial charge in [0.25, 0.3) is 11.7 Å². The molecule has 124 valence electrons. The Bertz CT molecular complexity index is 1070. The van der Waals surface area contributed by atoms with Crippen molar-refractivity contribution in [1.29, 1.82) is 0 Å². The first kappa shape index (κ1) is 15.3. The normalized spacial score (nSPS) is 11.0. The van der Waals surface area contributed by atoms with Crippen molar-refractivity contribution in [2.24, 2.45) is 7.05 Å². The highest BCUT2D eigenvalue weighted by Gasteiger charge is 2.18. The standard InChI is InChI=1S/C16H12ClN7O/c1-23-8-11(17)14(22-23)21-15(25)13-7-12(10-5-3-2-4-6-10)20-16-18-9-19-24(13)16/h2-9H,1H3,(H,21,22,25). The van der Waals surface area contributed by atoms with Crippen LogP contribution in [0.3, 0.4) is 0 Å². The molecule has 0 unspecified atom stereocenters. The van der Waals surface area contributed by atoms with E-state index in [9.17, 15) is 4.79 Å². The van der Waals surface area contributed by atoms with E-state index in [4.69, 9.17) is 11.6 Å². The lowest BCUT2D eigenvalue weighted by molar-refractivity contribution is 0.101. The van der Waals surface area contributed by atoms with Gasteiger partial charge in [-0.2, -0.15) is 19.7 Å². The van der Waals surface area contributed by atoms with Gasteiger partial charge in [-0.1, -0.05) is 41.9 Å². The van der Waals surface area contributed by atoms with Gasteiger partial charge in [0.05, 0.1) is 5.69 Å². The number of hydrogen-bond acceptors (Lipinski definition) is 5. The van der Waals surface area contributed by atoms with Gasteiger partial charge in [0.15, 0.2) is 5.82 Å². The van der Waals surface area contributed by atoms with E-state index >= 15 is 0 Å². The van der Waals surface area contributed by atoms with Gasteiger partial charge >= 0.3 is 0 Å². The summed E-state index contributed by atoms with van der Waals surface area (Å²) in [5.41, 5.74) is 1.78. The van der Waals surface area contributed by atoms with Crippen LogP contribution in [0.4, 0.5) is 5.82 Å². The largest absolute Gasteiger partial charge is 0.302 e. The maximum Gasteiger partial charge on any atom is 0.275 e. The van der Waals surface area contributed by atoms with Crippen LogP contribution in [0.25, 0.3) is 17.0 Å². The number of aromatic nitrogens is 6. The highest BCUT2D eigenvalue weighted by atomic mass is 35.5. The summed E-state index contributed by atoms with van der Waals surface area (Å²) in [5, 5.41) is 11.2. The number of fused-ring (bicyclic) bond motifs is 1. The summed E-state index contributed by atoms with van der Waals surface area (Å²) in [6, 6.07) is 11.2. The molecule has 1 N–H and O–H groups in total. The Labute approximate surface area is 147 Å². The second-order valence-corrected chi connectivity index (χ2v) is 5.73. The minimum Gasteiger partial charge on any atom is -0.302 e. The molecule has 0 aliphatic carbocycles. The number of carbonyl (C=O) groups excluding carboxylic acids is 1. The maximum absolute atomic E-state index is 12.7. The lowest BCUT2D eigenvalue weighted by Crippen LogP contribution is -2.18. The SMILES string of the molecule is Cn1cc(Cl)c(NC(=O)c2cc(-c3ccccc3)nc3ncnn23)n1. The first-order valence-electron chi connectivity index (χ1n) is 7.38. The summed E-state index contributed by atoms with van der Waals surface area (Å²) in [6.07, 6.45) is 2.95. The third kappa shape index (κ3) is 2.83. The molecule has 0 radical (unpaired) electrons. The highest BCUT2D eigenvalue weighted by Crippen LogP contribution is 2.22. The Hall–Kier alpha value is -3.26. The number of anilines is 1. The molecule has 0 saturated heterocycles. The van der Waals surface area contributed by atoms with Crippen LogP contribution >= 0.6 is 11.6 Å². The summed E-state index contributed by atoms with van der Waals surface area (Å²) >= 11 is 6.06. The van der Waals surface area contributed by atoms with Crippen molar-refractivity contribution in [3.05, 3.63) is 59.6 Å². The third-order valence-corrected chi connectivity index (χ3v) is 3.85. The molecular weight excluding hydrogens is 342 g/mol. The van der Waals surface area contributed by atoms with Crippen molar-refractivity contribution < 1.29 is 4.79 Å². The lowest BCUT2D eigenvalue weighted by Gasteiger charge is -2.07. The van der Waals surface area contributed by atoms with Crippen molar-refractivity contribution in [3.63, 3.8) is 0 Å². The van der Waals surface area contributed by atoms with E-state index in [1.54, 1.807) is 19.3 Å². The zero-order chi connectivity index (χ0) is 17.4. The number of halogens is 1. The van der Waals surface area contributed by atoms with Gasteiger partial charge in [0, 0.05) is 18.8 Å². The number of nitrogens with one attached hydrogen (secondary N) is 1. The number of amides is 1. The molecular formula is C16H12ClN7O. The summed E-state index contributed by atoms with van der Waals surface area (Å²) in [7, 11) is 1.72. The number of carbonyl (C=O) groups is 1. The second kappa shape index (κ2) is 5.99. The van der Waals surface area contributed by atoms with E-state index in [2.05, 4.69) is 25.5 Å². The molecule has 8 nitrogen and oxygen atoms in total. The number of nitrogens with zero attached hydrogens (tertiary/aromatic N) is 6. The van der Waals surface area contributed by atoms with Gasteiger partial charge in [-0.05, 0) is 6.07 Å². The molecule has 0 saturated carbocycles. The Kier molecular flexibility index (Phi) is 3.66. The van der Waals surface area contributed by atoms with Crippen LogP contribution in [-0.4, -0.2) is 35.3 Å². The fourth-order valence-electron chi connectivity index (χ4n) is 2.45. The van der Waals surface area contributed by atoms with Crippen molar-refractivity contribution in [3.8, 4) is 11.3 Å². The van der Waals surface area contributed by atoms with Crippen LogP contribution in [0.5, 0.6) is 0 Å². The predicted octanol–water partition coefficient (Wildman–Crippen LogP) is 2.43. The van der Waals surface area contributed by atoms with Crippen molar-refractivity contribution in [2.75, 3.05) is 5.32 Å². The lowest BCUT2D eigenvalue weighted by atomic mass is 10.1. The molecule has 25 heavy (non-hydrogen) atoms. The quantitative estimate of drug-likeness (QED) is 0.611. The zero-order valence-electron chi connectivity index (χ0n) is 13.1. The molecule has 9 heteroatoms. The van der Waals surface area contributed by atoms with Crippen LogP contribution in [0.1, 0.15) is 10.5 Å². The van der Waals surface area contributed by atoms with Crippen LogP contribution in [0, 0.1) is 0 Å². The van der Waals surface area contributed by atoms with Gasteiger partial charge < -0.3 is 5.32 Å². The molecule has 0 bridgehead atoms. The van der Waals surface area contributed by atoms with Gasteiger partial charge in [0.1, 0.15) is 17.0 Å². The first-order chi connectivity index (χ1) is 12.1. The Morgan fingerprint density at radius 2 is 2.04 bits per heavy atom. The summed E-state index contributed by atoms with van der Waals surface area (Å²) in [5.74, 6) is 0.204. The molecule has 0 aliphatic heterocycles. The highest BCUT2D eigenvalue weighted by molar-refractivity contribution is 6.33. The minimum absolute atomic E-state index is 0.278. The van der Waals surface area contributed by atoms with E-state index in [0.29, 0.717) is 16.5 Å². The van der Waals surface area contributed by atoms with E-state index in [1.807, 2.05) is 30.3 Å².